The number of halogens is 4. The van der Waals surface area contributed by atoms with E-state index in [1.54, 1.807) is 12.1 Å². The minimum Gasteiger partial charge on any atom is -0.292 e. The van der Waals surface area contributed by atoms with Crippen LogP contribution in [-0.2, 0) is 24.1 Å². The third-order valence-electron chi connectivity index (χ3n) is 4.44. The Bertz CT molecular complexity index is 1020. The number of carbonyl (C=O) groups is 1. The third kappa shape index (κ3) is 4.61. The van der Waals surface area contributed by atoms with Gasteiger partial charge in [-0.1, -0.05) is 12.1 Å². The van der Waals surface area contributed by atoms with E-state index >= 15 is 0 Å². The molecule has 0 unspecified atom stereocenters. The molecule has 1 aliphatic carbocycles. The maximum Gasteiger partial charge on any atom is 0.435 e. The molecule has 2 aromatic heterocycles. The van der Waals surface area contributed by atoms with Gasteiger partial charge >= 0.3 is 6.18 Å². The van der Waals surface area contributed by atoms with Crippen LogP contribution in [0.1, 0.15) is 35.7 Å². The molecule has 29 heavy (non-hydrogen) atoms. The molecule has 1 fully saturated rings. The highest BCUT2D eigenvalue weighted by Gasteiger charge is 2.38. The van der Waals surface area contributed by atoms with E-state index in [1.165, 1.54) is 23.1 Å². The number of amides is 1. The highest BCUT2D eigenvalue weighted by atomic mass is 19.4. The van der Waals surface area contributed by atoms with E-state index in [4.69, 9.17) is 0 Å². The number of benzene rings is 1. The molecule has 0 atom stereocenters. The Hall–Kier alpha value is -3.24. The third-order valence-corrected chi connectivity index (χ3v) is 4.44. The molecule has 0 saturated heterocycles. The summed E-state index contributed by atoms with van der Waals surface area (Å²) < 4.78 is 54.3. The van der Waals surface area contributed by atoms with Gasteiger partial charge in [0.15, 0.2) is 5.69 Å². The van der Waals surface area contributed by atoms with Crippen LogP contribution in [0.25, 0.3) is 0 Å². The quantitative estimate of drug-likeness (QED) is 0.636. The van der Waals surface area contributed by atoms with Gasteiger partial charge in [-0.3, -0.25) is 14.8 Å². The second-order valence-electron chi connectivity index (χ2n) is 6.82. The molecular weight excluding hydrogens is 392 g/mol. The Morgan fingerprint density at radius 2 is 1.90 bits per heavy atom. The lowest BCUT2D eigenvalue weighted by atomic mass is 10.2. The van der Waals surface area contributed by atoms with Crippen molar-refractivity contribution in [3.05, 3.63) is 59.4 Å². The summed E-state index contributed by atoms with van der Waals surface area (Å²) >= 11 is 0. The summed E-state index contributed by atoms with van der Waals surface area (Å²) in [5.41, 5.74) is 0.190. The minimum atomic E-state index is -4.56. The summed E-state index contributed by atoms with van der Waals surface area (Å²) in [6.07, 6.45) is -1.61. The second kappa shape index (κ2) is 7.30. The molecule has 0 radical (unpaired) electrons. The molecular formula is C18H16F4N6O. The van der Waals surface area contributed by atoms with Gasteiger partial charge in [-0.2, -0.15) is 18.3 Å². The van der Waals surface area contributed by atoms with Gasteiger partial charge < -0.3 is 0 Å². The van der Waals surface area contributed by atoms with E-state index in [9.17, 15) is 22.4 Å². The molecule has 7 nitrogen and oxygen atoms in total. The van der Waals surface area contributed by atoms with E-state index in [0.717, 1.165) is 29.2 Å². The Balaban J connectivity index is 1.41. The summed E-state index contributed by atoms with van der Waals surface area (Å²) in [7, 11) is 0. The van der Waals surface area contributed by atoms with Crippen LogP contribution in [0.15, 0.2) is 36.7 Å². The summed E-state index contributed by atoms with van der Waals surface area (Å²) in [4.78, 5) is 16.2. The highest BCUT2D eigenvalue weighted by Crippen LogP contribution is 2.42. The molecule has 0 spiro atoms. The van der Waals surface area contributed by atoms with Gasteiger partial charge in [0.1, 0.15) is 18.7 Å². The first-order chi connectivity index (χ1) is 13.8. The van der Waals surface area contributed by atoms with E-state index < -0.39 is 17.8 Å². The lowest BCUT2D eigenvalue weighted by Gasteiger charge is -2.06. The number of nitrogens with zero attached hydrogens (tertiary/aromatic N) is 5. The molecule has 1 amide bonds. The molecule has 152 valence electrons. The van der Waals surface area contributed by atoms with E-state index in [1.807, 2.05) is 0 Å². The van der Waals surface area contributed by atoms with Crippen molar-refractivity contribution in [2.45, 2.75) is 38.0 Å². The summed E-state index contributed by atoms with van der Waals surface area (Å²) in [6.45, 7) is -0.0442. The largest absolute Gasteiger partial charge is 0.435 e. The number of hydrogen-bond acceptors (Lipinski definition) is 4. The van der Waals surface area contributed by atoms with Gasteiger partial charge in [0.05, 0.1) is 6.54 Å². The minimum absolute atomic E-state index is 0.000516. The van der Waals surface area contributed by atoms with Gasteiger partial charge in [-0.15, -0.1) is 5.10 Å². The van der Waals surface area contributed by atoms with Gasteiger partial charge in [-0.05, 0) is 36.6 Å². The number of hydrogen-bond donors (Lipinski definition) is 1. The molecule has 1 N–H and O–H groups in total. The predicted molar refractivity (Wildman–Crippen MR) is 93.4 cm³/mol. The Morgan fingerprint density at radius 1 is 1.17 bits per heavy atom. The van der Waals surface area contributed by atoms with Crippen LogP contribution in [0.5, 0.6) is 0 Å². The van der Waals surface area contributed by atoms with Crippen LogP contribution < -0.4 is 5.32 Å². The van der Waals surface area contributed by atoms with Crippen molar-refractivity contribution >= 4 is 11.9 Å². The molecule has 0 aliphatic heterocycles. The zero-order valence-electron chi connectivity index (χ0n) is 15.0. The first-order valence-corrected chi connectivity index (χ1v) is 8.86. The van der Waals surface area contributed by atoms with E-state index in [-0.39, 0.29) is 24.2 Å². The molecule has 2 heterocycles. The Morgan fingerprint density at radius 3 is 2.55 bits per heavy atom. The number of anilines is 1. The van der Waals surface area contributed by atoms with Crippen molar-refractivity contribution in [1.29, 1.82) is 0 Å². The molecule has 11 heteroatoms. The molecule has 1 aliphatic rings. The van der Waals surface area contributed by atoms with Gasteiger partial charge in [0, 0.05) is 11.6 Å². The van der Waals surface area contributed by atoms with Crippen LogP contribution in [0.2, 0.25) is 0 Å². The summed E-state index contributed by atoms with van der Waals surface area (Å²) in [6, 6.07) is 6.85. The van der Waals surface area contributed by atoms with Crippen molar-refractivity contribution in [2.75, 3.05) is 5.32 Å². The Kier molecular flexibility index (Phi) is 4.81. The molecule has 1 aromatic carbocycles. The first-order valence-electron chi connectivity index (χ1n) is 8.86. The maximum absolute atomic E-state index is 12.9. The average Bonchev–Trinajstić information content (AvgIpc) is 3.26. The zero-order chi connectivity index (χ0) is 20.6. The lowest BCUT2D eigenvalue weighted by Crippen LogP contribution is -2.22. The molecule has 3 aromatic rings. The lowest BCUT2D eigenvalue weighted by molar-refractivity contribution is -0.141. The fourth-order valence-corrected chi connectivity index (χ4v) is 2.91. The maximum atomic E-state index is 12.9. The van der Waals surface area contributed by atoms with E-state index in [2.05, 4.69) is 20.5 Å². The zero-order valence-corrected chi connectivity index (χ0v) is 15.0. The summed E-state index contributed by atoms with van der Waals surface area (Å²) in [5, 5.41) is 10.1. The fraction of sp³-hybridized carbons (Fsp3) is 0.333. The SMILES string of the molecule is O=C(Cn1nc(C(F)(F)F)cc1C1CC1)Nc1ncn(Cc2ccc(F)cc2)n1. The fourth-order valence-electron chi connectivity index (χ4n) is 2.91. The predicted octanol–water partition coefficient (Wildman–Crippen LogP) is 3.20. The van der Waals surface area contributed by atoms with Crippen molar-refractivity contribution in [2.24, 2.45) is 0 Å². The van der Waals surface area contributed by atoms with Gasteiger partial charge in [-0.25, -0.2) is 14.1 Å². The topological polar surface area (TPSA) is 77.6 Å². The van der Waals surface area contributed by atoms with Crippen LogP contribution in [0.3, 0.4) is 0 Å². The van der Waals surface area contributed by atoms with Crippen LogP contribution in [-0.4, -0.2) is 30.5 Å². The van der Waals surface area contributed by atoms with Gasteiger partial charge in [0.25, 0.3) is 0 Å². The summed E-state index contributed by atoms with van der Waals surface area (Å²) in [5.74, 6) is -0.908. The molecule has 0 bridgehead atoms. The number of carbonyl (C=O) groups excluding carboxylic acids is 1. The normalized spacial score (nSPS) is 14.2. The number of nitrogens with one attached hydrogen (secondary N) is 1. The smallest absolute Gasteiger partial charge is 0.292 e. The standard InChI is InChI=1S/C18H16F4N6O/c19-13-5-1-11(2-6-13)8-27-10-23-17(26-27)24-16(29)9-28-14(12-3-4-12)7-15(25-28)18(20,21)22/h1-2,5-7,10,12H,3-4,8-9H2,(H,24,26,29). The van der Waals surface area contributed by atoms with E-state index in [0.29, 0.717) is 12.2 Å². The van der Waals surface area contributed by atoms with Crippen molar-refractivity contribution in [3.8, 4) is 0 Å². The highest BCUT2D eigenvalue weighted by molar-refractivity contribution is 5.88. The van der Waals surface area contributed by atoms with Crippen LogP contribution in [0.4, 0.5) is 23.5 Å². The number of rotatable bonds is 6. The number of aromatic nitrogens is 5. The first kappa shape index (κ1) is 19.1. The monoisotopic (exact) mass is 408 g/mol. The van der Waals surface area contributed by atoms with Crippen molar-refractivity contribution in [1.82, 2.24) is 24.5 Å². The molecule has 4 rings (SSSR count). The molecule has 1 saturated carbocycles. The van der Waals surface area contributed by atoms with Crippen molar-refractivity contribution < 1.29 is 22.4 Å². The number of alkyl halides is 3. The van der Waals surface area contributed by atoms with Gasteiger partial charge in [0.2, 0.25) is 11.9 Å². The Labute approximate surface area is 162 Å². The average molecular weight is 408 g/mol. The second-order valence-corrected chi connectivity index (χ2v) is 6.82. The van der Waals surface area contributed by atoms with Crippen LogP contribution >= 0.6 is 0 Å². The van der Waals surface area contributed by atoms with Crippen LogP contribution in [0, 0.1) is 5.82 Å². The van der Waals surface area contributed by atoms with Crippen molar-refractivity contribution in [3.63, 3.8) is 0 Å².